The molecule has 7 aliphatic rings. The van der Waals surface area contributed by atoms with Gasteiger partial charge in [0.15, 0.2) is 11.5 Å². The lowest BCUT2D eigenvalue weighted by molar-refractivity contribution is -0.276. The van der Waals surface area contributed by atoms with Crippen LogP contribution in [-0.2, 0) is 26.2 Å². The van der Waals surface area contributed by atoms with Gasteiger partial charge in [-0.05, 0) is 69.0 Å². The second-order valence-corrected chi connectivity index (χ2v) is 12.3. The highest BCUT2D eigenvalue weighted by Crippen LogP contribution is 2.76. The second-order valence-electron chi connectivity index (χ2n) is 12.3. The van der Waals surface area contributed by atoms with Crippen LogP contribution in [0.15, 0.2) is 12.1 Å². The predicted molar refractivity (Wildman–Crippen MR) is 132 cm³/mol. The number of phenols is 1. The number of piperidine rings is 1. The molecule has 2 aliphatic heterocycles. The summed E-state index contributed by atoms with van der Waals surface area (Å²) in [6, 6.07) is 4.36. The zero-order valence-electron chi connectivity index (χ0n) is 21.1. The lowest BCUT2D eigenvalue weighted by atomic mass is 9.35. The molecule has 8 nitrogen and oxygen atoms in total. The molecule has 1 aromatic rings. The lowest BCUT2D eigenvalue weighted by Crippen LogP contribution is -2.81. The Morgan fingerprint density at radius 2 is 2.08 bits per heavy atom. The number of nitrogens with two attached hydrogens (primary N) is 1. The Labute approximate surface area is 211 Å². The van der Waals surface area contributed by atoms with E-state index in [1.165, 1.54) is 30.5 Å². The van der Waals surface area contributed by atoms with Crippen molar-refractivity contribution >= 4 is 11.8 Å². The van der Waals surface area contributed by atoms with Crippen LogP contribution in [0.2, 0.25) is 0 Å². The third-order valence-corrected chi connectivity index (χ3v) is 10.9. The number of carbonyl (C=O) groups excluding carboxylic acids is 2. The fraction of sp³-hybridized carbons (Fsp3) is 0.714. The molecule has 6 atom stereocenters. The van der Waals surface area contributed by atoms with Crippen LogP contribution in [0.4, 0.5) is 0 Å². The van der Waals surface area contributed by atoms with Gasteiger partial charge in [-0.25, -0.2) is 0 Å². The zero-order chi connectivity index (χ0) is 24.9. The first-order valence-corrected chi connectivity index (χ1v) is 13.7. The standard InChI is InChI=1S/C28H37N3O5/c1-35-28-9-8-26(13-18(28)14-30-22(34)7-6-21(29)33)20-12-17-4-5-19(32)24-23(17)27(26,25(28)36-24)10-11-31(20)15-16-2-3-16/h4-5,16,18,20,25,32H,2-3,6-15H2,1H3,(H2,29,33)(H,30,34)/t18-,20-,25-,26-,27+,28-/m1/s1. The fourth-order valence-electron chi connectivity index (χ4n) is 9.35. The van der Waals surface area contributed by atoms with Crippen molar-refractivity contribution in [2.75, 3.05) is 26.7 Å². The Morgan fingerprint density at radius 1 is 1.25 bits per heavy atom. The van der Waals surface area contributed by atoms with E-state index in [4.69, 9.17) is 15.2 Å². The topological polar surface area (TPSA) is 114 Å². The molecule has 8 rings (SSSR count). The second kappa shape index (κ2) is 7.60. The van der Waals surface area contributed by atoms with Gasteiger partial charge in [0.1, 0.15) is 11.7 Å². The van der Waals surface area contributed by atoms with Gasteiger partial charge in [0.05, 0.1) is 0 Å². The highest BCUT2D eigenvalue weighted by atomic mass is 16.6. The predicted octanol–water partition coefficient (Wildman–Crippen LogP) is 2.00. The van der Waals surface area contributed by atoms with E-state index < -0.39 is 11.5 Å². The fourth-order valence-corrected chi connectivity index (χ4v) is 9.35. The number of methoxy groups -OCH3 is 1. The summed E-state index contributed by atoms with van der Waals surface area (Å²) in [5.41, 5.74) is 7.15. The molecule has 8 heteroatoms. The van der Waals surface area contributed by atoms with E-state index in [1.807, 2.05) is 0 Å². The number of nitrogens with one attached hydrogen (secondary N) is 1. The van der Waals surface area contributed by atoms with Crippen LogP contribution >= 0.6 is 0 Å². The average molecular weight is 496 g/mol. The van der Waals surface area contributed by atoms with Gasteiger partial charge in [0.2, 0.25) is 11.8 Å². The van der Waals surface area contributed by atoms with Crippen molar-refractivity contribution in [1.29, 1.82) is 0 Å². The zero-order valence-corrected chi connectivity index (χ0v) is 21.1. The highest BCUT2D eigenvalue weighted by molar-refractivity contribution is 5.82. The number of benzene rings is 1. The third-order valence-electron chi connectivity index (χ3n) is 10.9. The van der Waals surface area contributed by atoms with Gasteiger partial charge in [0, 0.05) is 61.4 Å². The van der Waals surface area contributed by atoms with Crippen molar-refractivity contribution in [3.05, 3.63) is 23.3 Å². The van der Waals surface area contributed by atoms with Crippen molar-refractivity contribution in [1.82, 2.24) is 10.2 Å². The molecule has 1 aromatic carbocycles. The monoisotopic (exact) mass is 495 g/mol. The first-order chi connectivity index (χ1) is 17.3. The summed E-state index contributed by atoms with van der Waals surface area (Å²) in [5, 5.41) is 14.0. The number of hydrogen-bond donors (Lipinski definition) is 3. The average Bonchev–Trinajstić information content (AvgIpc) is 3.61. The largest absolute Gasteiger partial charge is 0.504 e. The minimum atomic E-state index is -0.540. The molecular weight excluding hydrogens is 458 g/mol. The molecule has 1 saturated heterocycles. The number of phenolic OH excluding ortho intramolecular Hbond substituents is 1. The maximum absolute atomic E-state index is 12.5. The number of rotatable bonds is 8. The molecule has 2 spiro atoms. The summed E-state index contributed by atoms with van der Waals surface area (Å²) in [4.78, 5) is 26.5. The Balaban J connectivity index is 1.30. The summed E-state index contributed by atoms with van der Waals surface area (Å²) < 4.78 is 13.3. The number of aromatic hydroxyl groups is 1. The summed E-state index contributed by atoms with van der Waals surface area (Å²) in [6.07, 6.45) is 7.61. The summed E-state index contributed by atoms with van der Waals surface area (Å²) in [5.74, 6) is 1.21. The van der Waals surface area contributed by atoms with Crippen molar-refractivity contribution in [2.45, 2.75) is 80.9 Å². The summed E-state index contributed by atoms with van der Waals surface area (Å²) >= 11 is 0. The molecular formula is C28H37N3O5. The van der Waals surface area contributed by atoms with Crippen LogP contribution in [0.5, 0.6) is 11.5 Å². The van der Waals surface area contributed by atoms with Crippen molar-refractivity contribution < 1.29 is 24.2 Å². The summed E-state index contributed by atoms with van der Waals surface area (Å²) in [7, 11) is 1.78. The van der Waals surface area contributed by atoms with Gasteiger partial charge in [-0.2, -0.15) is 0 Å². The van der Waals surface area contributed by atoms with Gasteiger partial charge in [-0.3, -0.25) is 14.5 Å². The molecule has 0 aromatic heterocycles. The van der Waals surface area contributed by atoms with Crippen molar-refractivity contribution in [2.24, 2.45) is 23.0 Å². The van der Waals surface area contributed by atoms with Crippen LogP contribution in [0.3, 0.4) is 0 Å². The highest BCUT2D eigenvalue weighted by Gasteiger charge is 2.80. The third kappa shape index (κ3) is 2.77. The molecule has 2 amide bonds. The van der Waals surface area contributed by atoms with Gasteiger partial charge < -0.3 is 25.6 Å². The van der Waals surface area contributed by atoms with E-state index in [0.717, 1.165) is 44.6 Å². The minimum absolute atomic E-state index is 0.0275. The number of amides is 2. The Morgan fingerprint density at radius 3 is 2.83 bits per heavy atom. The number of carbonyl (C=O) groups is 2. The quantitative estimate of drug-likeness (QED) is 0.508. The Kier molecular flexibility index (Phi) is 4.82. The number of likely N-dealkylation sites (tertiary alicyclic amines) is 1. The van der Waals surface area contributed by atoms with Crippen LogP contribution in [0, 0.1) is 17.3 Å². The molecule has 5 aliphatic carbocycles. The molecule has 4 N–H and O–H groups in total. The Hall–Kier alpha value is -2.32. The SMILES string of the molecule is CO[C@]12CC[C@@]3(C[C@@H]1CNC(=O)CCC(N)=O)[C@H]1Cc4ccc(O)c5c4[C@@]3(CCN1CC1CC1)[C@H]2O5. The van der Waals surface area contributed by atoms with Gasteiger partial charge in [-0.15, -0.1) is 0 Å². The molecule has 0 radical (unpaired) electrons. The van der Waals surface area contributed by atoms with Crippen LogP contribution < -0.4 is 15.8 Å². The number of primary amides is 1. The van der Waals surface area contributed by atoms with Crippen LogP contribution in [0.25, 0.3) is 0 Å². The molecule has 194 valence electrons. The number of ether oxygens (including phenoxy) is 2. The van der Waals surface area contributed by atoms with E-state index >= 15 is 0 Å². The van der Waals surface area contributed by atoms with Gasteiger partial charge >= 0.3 is 0 Å². The first kappa shape index (κ1) is 22.8. The van der Waals surface area contributed by atoms with E-state index in [-0.39, 0.29) is 47.4 Å². The molecule has 5 fully saturated rings. The molecule has 36 heavy (non-hydrogen) atoms. The number of nitrogens with zero attached hydrogens (tertiary/aromatic N) is 1. The normalized spacial score (nSPS) is 39.4. The van der Waals surface area contributed by atoms with E-state index in [0.29, 0.717) is 18.3 Å². The van der Waals surface area contributed by atoms with Crippen molar-refractivity contribution in [3.63, 3.8) is 0 Å². The molecule has 2 heterocycles. The van der Waals surface area contributed by atoms with Crippen LogP contribution in [-0.4, -0.2) is 66.3 Å². The van der Waals surface area contributed by atoms with E-state index in [2.05, 4.69) is 16.3 Å². The van der Waals surface area contributed by atoms with Gasteiger partial charge in [-0.1, -0.05) is 6.07 Å². The van der Waals surface area contributed by atoms with Gasteiger partial charge in [0.25, 0.3) is 0 Å². The van der Waals surface area contributed by atoms with E-state index in [9.17, 15) is 14.7 Å². The smallest absolute Gasteiger partial charge is 0.220 e. The Bertz CT molecular complexity index is 1140. The maximum atomic E-state index is 12.5. The maximum Gasteiger partial charge on any atom is 0.220 e. The molecule has 4 saturated carbocycles. The minimum Gasteiger partial charge on any atom is -0.504 e. The lowest BCUT2D eigenvalue weighted by Gasteiger charge is -2.74. The van der Waals surface area contributed by atoms with E-state index in [1.54, 1.807) is 13.2 Å². The molecule has 4 bridgehead atoms. The summed E-state index contributed by atoms with van der Waals surface area (Å²) in [6.45, 7) is 2.73. The molecule has 0 unspecified atom stereocenters. The van der Waals surface area contributed by atoms with Crippen molar-refractivity contribution in [3.8, 4) is 11.5 Å². The van der Waals surface area contributed by atoms with Crippen LogP contribution in [0.1, 0.15) is 62.5 Å². The first-order valence-electron chi connectivity index (χ1n) is 13.7. The number of hydrogen-bond acceptors (Lipinski definition) is 6. The number of fused-ring (bicyclic) bond motifs is 2.